The van der Waals surface area contributed by atoms with Gasteiger partial charge in [0.05, 0.1) is 5.69 Å². The lowest BCUT2D eigenvalue weighted by Gasteiger charge is -2.21. The van der Waals surface area contributed by atoms with Gasteiger partial charge in [0, 0.05) is 23.9 Å². The van der Waals surface area contributed by atoms with E-state index in [1.807, 2.05) is 38.1 Å². The number of amides is 1. The molecule has 1 aromatic heterocycles. The number of carbonyl (C=O) groups is 1. The SMILES string of the molecule is CCN(C(=O)Cn1nc(-c2ccc(F)cc2)ccc1=O)c1cccc(C)c1. The Balaban J connectivity index is 1.87. The van der Waals surface area contributed by atoms with E-state index in [9.17, 15) is 14.0 Å². The van der Waals surface area contributed by atoms with Gasteiger partial charge >= 0.3 is 0 Å². The molecule has 0 saturated heterocycles. The first-order valence-electron chi connectivity index (χ1n) is 8.69. The first-order valence-corrected chi connectivity index (χ1v) is 8.69. The Morgan fingerprint density at radius 2 is 1.85 bits per heavy atom. The third-order valence-electron chi connectivity index (χ3n) is 4.22. The number of nitrogens with zero attached hydrogens (tertiary/aromatic N) is 3. The number of aromatic nitrogens is 2. The lowest BCUT2D eigenvalue weighted by atomic mass is 10.1. The monoisotopic (exact) mass is 365 g/mol. The quantitative estimate of drug-likeness (QED) is 0.696. The minimum Gasteiger partial charge on any atom is -0.311 e. The molecule has 0 N–H and O–H groups in total. The molecule has 27 heavy (non-hydrogen) atoms. The first kappa shape index (κ1) is 18.5. The maximum atomic E-state index is 13.1. The number of anilines is 1. The molecule has 0 bridgehead atoms. The van der Waals surface area contributed by atoms with Crippen LogP contribution in [0, 0.1) is 12.7 Å². The van der Waals surface area contributed by atoms with E-state index in [-0.39, 0.29) is 23.8 Å². The smallest absolute Gasteiger partial charge is 0.267 e. The van der Waals surface area contributed by atoms with Crippen molar-refractivity contribution in [3.05, 3.63) is 82.4 Å². The Hall–Kier alpha value is -3.28. The molecule has 138 valence electrons. The number of halogens is 1. The van der Waals surface area contributed by atoms with Crippen LogP contribution >= 0.6 is 0 Å². The Kier molecular flexibility index (Phi) is 5.45. The summed E-state index contributed by atoms with van der Waals surface area (Å²) in [6, 6.07) is 16.4. The van der Waals surface area contributed by atoms with Gasteiger partial charge in [0.1, 0.15) is 12.4 Å². The molecule has 0 aliphatic carbocycles. The predicted octanol–water partition coefficient (Wildman–Crippen LogP) is 3.41. The fraction of sp³-hybridized carbons (Fsp3) is 0.190. The Morgan fingerprint density at radius 1 is 1.11 bits per heavy atom. The van der Waals surface area contributed by atoms with Crippen LogP contribution in [0.2, 0.25) is 0 Å². The van der Waals surface area contributed by atoms with Crippen molar-refractivity contribution in [2.45, 2.75) is 20.4 Å². The van der Waals surface area contributed by atoms with E-state index in [1.165, 1.54) is 18.2 Å². The average Bonchev–Trinajstić information content (AvgIpc) is 2.65. The number of likely N-dealkylation sites (N-methyl/N-ethyl adjacent to an activating group) is 1. The van der Waals surface area contributed by atoms with Crippen LogP contribution in [0.5, 0.6) is 0 Å². The van der Waals surface area contributed by atoms with Crippen LogP contribution in [-0.2, 0) is 11.3 Å². The van der Waals surface area contributed by atoms with Crippen molar-refractivity contribution in [2.75, 3.05) is 11.4 Å². The highest BCUT2D eigenvalue weighted by Gasteiger charge is 2.16. The van der Waals surface area contributed by atoms with Gasteiger partial charge < -0.3 is 4.90 Å². The second-order valence-electron chi connectivity index (χ2n) is 6.20. The maximum absolute atomic E-state index is 13.1. The number of hydrogen-bond donors (Lipinski definition) is 0. The van der Waals surface area contributed by atoms with Crippen molar-refractivity contribution in [3.8, 4) is 11.3 Å². The number of hydrogen-bond acceptors (Lipinski definition) is 3. The zero-order valence-electron chi connectivity index (χ0n) is 15.2. The Morgan fingerprint density at radius 3 is 2.52 bits per heavy atom. The summed E-state index contributed by atoms with van der Waals surface area (Å²) in [6.07, 6.45) is 0. The normalized spacial score (nSPS) is 10.6. The largest absolute Gasteiger partial charge is 0.311 e. The highest BCUT2D eigenvalue weighted by Crippen LogP contribution is 2.17. The maximum Gasteiger partial charge on any atom is 0.267 e. The summed E-state index contributed by atoms with van der Waals surface area (Å²) in [6.45, 7) is 4.15. The third-order valence-corrected chi connectivity index (χ3v) is 4.22. The van der Waals surface area contributed by atoms with Gasteiger partial charge in [-0.3, -0.25) is 9.59 Å². The van der Waals surface area contributed by atoms with E-state index in [1.54, 1.807) is 23.1 Å². The first-order chi connectivity index (χ1) is 13.0. The van der Waals surface area contributed by atoms with Gasteiger partial charge in [-0.15, -0.1) is 0 Å². The van der Waals surface area contributed by atoms with Crippen LogP contribution in [-0.4, -0.2) is 22.2 Å². The standard InChI is InChI=1S/C21H20FN3O2/c1-3-24(18-6-4-5-15(2)13-18)21(27)14-25-20(26)12-11-19(23-25)16-7-9-17(22)10-8-16/h4-13H,3,14H2,1-2H3. The second-order valence-corrected chi connectivity index (χ2v) is 6.20. The molecule has 1 amide bonds. The number of benzene rings is 2. The predicted molar refractivity (Wildman–Crippen MR) is 103 cm³/mol. The summed E-state index contributed by atoms with van der Waals surface area (Å²) in [7, 11) is 0. The second kappa shape index (κ2) is 7.95. The van der Waals surface area contributed by atoms with Gasteiger partial charge in [0.25, 0.3) is 5.56 Å². The number of rotatable bonds is 5. The van der Waals surface area contributed by atoms with E-state index in [4.69, 9.17) is 0 Å². The minimum absolute atomic E-state index is 0.171. The van der Waals surface area contributed by atoms with E-state index in [0.717, 1.165) is 15.9 Å². The Labute approximate surface area is 156 Å². The van der Waals surface area contributed by atoms with Crippen LogP contribution in [0.25, 0.3) is 11.3 Å². The van der Waals surface area contributed by atoms with Crippen LogP contribution in [0.4, 0.5) is 10.1 Å². The van der Waals surface area contributed by atoms with Crippen molar-refractivity contribution in [2.24, 2.45) is 0 Å². The van der Waals surface area contributed by atoms with Crippen LogP contribution in [0.3, 0.4) is 0 Å². The van der Waals surface area contributed by atoms with Crippen LogP contribution in [0.1, 0.15) is 12.5 Å². The molecule has 0 radical (unpaired) electrons. The minimum atomic E-state index is -0.366. The zero-order valence-corrected chi connectivity index (χ0v) is 15.2. The third kappa shape index (κ3) is 4.28. The molecular weight excluding hydrogens is 345 g/mol. The van der Waals surface area contributed by atoms with Crippen molar-refractivity contribution >= 4 is 11.6 Å². The fourth-order valence-electron chi connectivity index (χ4n) is 2.85. The number of carbonyl (C=O) groups excluding carboxylic acids is 1. The van der Waals surface area contributed by atoms with Crippen LogP contribution in [0.15, 0.2) is 65.5 Å². The average molecular weight is 365 g/mol. The molecule has 6 heteroatoms. The molecule has 0 atom stereocenters. The molecule has 2 aromatic carbocycles. The van der Waals surface area contributed by atoms with Crippen molar-refractivity contribution in [1.82, 2.24) is 9.78 Å². The molecule has 0 aliphatic heterocycles. The topological polar surface area (TPSA) is 55.2 Å². The van der Waals surface area contributed by atoms with E-state index in [2.05, 4.69) is 5.10 Å². The van der Waals surface area contributed by atoms with Crippen molar-refractivity contribution in [3.63, 3.8) is 0 Å². The molecule has 0 aliphatic rings. The summed E-state index contributed by atoms with van der Waals surface area (Å²) in [4.78, 5) is 26.6. The molecule has 3 rings (SSSR count). The highest BCUT2D eigenvalue weighted by atomic mass is 19.1. The fourth-order valence-corrected chi connectivity index (χ4v) is 2.85. The zero-order chi connectivity index (χ0) is 19.4. The Bertz CT molecular complexity index is 1010. The van der Waals surface area contributed by atoms with Gasteiger partial charge in [-0.25, -0.2) is 9.07 Å². The molecule has 5 nitrogen and oxygen atoms in total. The molecule has 0 unspecified atom stereocenters. The lowest BCUT2D eigenvalue weighted by molar-refractivity contribution is -0.119. The van der Waals surface area contributed by atoms with E-state index >= 15 is 0 Å². The van der Waals surface area contributed by atoms with Gasteiger partial charge in [-0.1, -0.05) is 12.1 Å². The summed E-state index contributed by atoms with van der Waals surface area (Å²) in [5.41, 5.74) is 2.64. The van der Waals surface area contributed by atoms with E-state index < -0.39 is 0 Å². The van der Waals surface area contributed by atoms with Crippen molar-refractivity contribution < 1.29 is 9.18 Å². The van der Waals surface area contributed by atoms with Crippen molar-refractivity contribution in [1.29, 1.82) is 0 Å². The highest BCUT2D eigenvalue weighted by molar-refractivity contribution is 5.93. The molecule has 0 saturated carbocycles. The molecule has 1 heterocycles. The van der Waals surface area contributed by atoms with Gasteiger partial charge in [-0.05, 0) is 61.9 Å². The van der Waals surface area contributed by atoms with E-state index in [0.29, 0.717) is 17.8 Å². The van der Waals surface area contributed by atoms with Crippen LogP contribution < -0.4 is 10.5 Å². The summed E-state index contributed by atoms with van der Waals surface area (Å²) in [5.74, 6) is -0.576. The molecule has 0 fully saturated rings. The van der Waals surface area contributed by atoms with Gasteiger partial charge in [0.2, 0.25) is 5.91 Å². The van der Waals surface area contributed by atoms with Gasteiger partial charge in [-0.2, -0.15) is 5.10 Å². The van der Waals surface area contributed by atoms with Gasteiger partial charge in [0.15, 0.2) is 0 Å². The summed E-state index contributed by atoms with van der Waals surface area (Å²) >= 11 is 0. The number of aryl methyl sites for hydroxylation is 1. The molecule has 0 spiro atoms. The summed E-state index contributed by atoms with van der Waals surface area (Å²) in [5, 5.41) is 4.27. The lowest BCUT2D eigenvalue weighted by Crippen LogP contribution is -2.37. The molecular formula is C21H20FN3O2. The molecule has 3 aromatic rings. The summed E-state index contributed by atoms with van der Waals surface area (Å²) < 4.78 is 14.2.